The van der Waals surface area contributed by atoms with E-state index < -0.39 is 17.4 Å². The van der Waals surface area contributed by atoms with Crippen LogP contribution >= 0.6 is 11.8 Å². The van der Waals surface area contributed by atoms with Gasteiger partial charge in [-0.05, 0) is 48.7 Å². The van der Waals surface area contributed by atoms with Gasteiger partial charge in [-0.15, -0.1) is 0 Å². The van der Waals surface area contributed by atoms with E-state index in [1.54, 1.807) is 6.07 Å². The Morgan fingerprint density at radius 3 is 2.40 bits per heavy atom. The molecule has 0 unspecified atom stereocenters. The summed E-state index contributed by atoms with van der Waals surface area (Å²) in [6, 6.07) is 8.40. The van der Waals surface area contributed by atoms with Gasteiger partial charge in [-0.2, -0.15) is 13.2 Å². The summed E-state index contributed by atoms with van der Waals surface area (Å²) in [5.41, 5.74) is 2.03. The number of thioether (sulfide) groups is 1. The molecule has 0 saturated carbocycles. The lowest BCUT2D eigenvalue weighted by Gasteiger charge is -2.08. The molecular formula is C18H14F3NO2S. The van der Waals surface area contributed by atoms with E-state index in [-0.39, 0.29) is 5.22 Å². The van der Waals surface area contributed by atoms with Crippen molar-refractivity contribution in [3.8, 4) is 0 Å². The first kappa shape index (κ1) is 17.5. The molecule has 0 amide bonds. The quantitative estimate of drug-likeness (QED) is 0.605. The van der Waals surface area contributed by atoms with Crippen molar-refractivity contribution in [3.05, 3.63) is 69.1 Å². The Bertz CT molecular complexity index is 979. The molecule has 1 heterocycles. The van der Waals surface area contributed by atoms with Gasteiger partial charge in [0.2, 0.25) is 0 Å². The maximum absolute atomic E-state index is 12.6. The summed E-state index contributed by atoms with van der Waals surface area (Å²) in [4.78, 5) is 16.5. The second-order valence-electron chi connectivity index (χ2n) is 5.65. The number of hydrogen-bond donors (Lipinski definition) is 0. The predicted octanol–water partition coefficient (Wildman–Crippen LogP) is 5.12. The molecule has 1 aromatic heterocycles. The largest absolute Gasteiger partial charge is 0.416 e. The van der Waals surface area contributed by atoms with Crippen molar-refractivity contribution in [1.82, 2.24) is 4.98 Å². The number of hydrogen-bond acceptors (Lipinski definition) is 4. The molecule has 0 atom stereocenters. The van der Waals surface area contributed by atoms with E-state index in [0.29, 0.717) is 22.2 Å². The first-order chi connectivity index (χ1) is 11.8. The molecule has 0 radical (unpaired) electrons. The fourth-order valence-electron chi connectivity index (χ4n) is 2.35. The third-order valence-corrected chi connectivity index (χ3v) is 4.85. The molecule has 130 valence electrons. The monoisotopic (exact) mass is 365 g/mol. The fraction of sp³-hybridized carbons (Fsp3) is 0.222. The van der Waals surface area contributed by atoms with Crippen molar-refractivity contribution < 1.29 is 17.6 Å². The van der Waals surface area contributed by atoms with E-state index >= 15 is 0 Å². The van der Waals surface area contributed by atoms with Gasteiger partial charge in [-0.25, -0.2) is 9.78 Å². The zero-order valence-electron chi connectivity index (χ0n) is 13.5. The molecule has 0 aliphatic carbocycles. The van der Waals surface area contributed by atoms with Gasteiger partial charge >= 0.3 is 11.8 Å². The SMILES string of the molecule is Cc1ccc2c(=O)oc(SCc3ccc(C(F)(F)F)cc3)nc2c1C. The highest BCUT2D eigenvalue weighted by Gasteiger charge is 2.29. The van der Waals surface area contributed by atoms with Crippen molar-refractivity contribution in [1.29, 1.82) is 0 Å². The Hall–Kier alpha value is -2.28. The lowest BCUT2D eigenvalue weighted by atomic mass is 10.1. The number of aryl methyl sites for hydroxylation is 2. The molecule has 25 heavy (non-hydrogen) atoms. The molecular weight excluding hydrogens is 351 g/mol. The minimum atomic E-state index is -4.35. The van der Waals surface area contributed by atoms with Crippen LogP contribution in [-0.4, -0.2) is 4.98 Å². The van der Waals surface area contributed by atoms with Gasteiger partial charge in [0.05, 0.1) is 16.5 Å². The molecule has 0 aliphatic heterocycles. The Kier molecular flexibility index (Phi) is 4.60. The molecule has 0 bridgehead atoms. The summed E-state index contributed by atoms with van der Waals surface area (Å²) < 4.78 is 42.9. The molecule has 0 spiro atoms. The van der Waals surface area contributed by atoms with E-state index in [1.807, 2.05) is 19.9 Å². The highest BCUT2D eigenvalue weighted by molar-refractivity contribution is 7.98. The van der Waals surface area contributed by atoms with Crippen LogP contribution in [0.15, 0.2) is 50.8 Å². The van der Waals surface area contributed by atoms with E-state index in [0.717, 1.165) is 23.3 Å². The molecule has 3 nitrogen and oxygen atoms in total. The number of fused-ring (bicyclic) bond motifs is 1. The Morgan fingerprint density at radius 2 is 1.76 bits per heavy atom. The number of aromatic nitrogens is 1. The molecule has 2 aromatic carbocycles. The van der Waals surface area contributed by atoms with Crippen molar-refractivity contribution in [3.63, 3.8) is 0 Å². The molecule has 0 aliphatic rings. The van der Waals surface area contributed by atoms with Crippen molar-refractivity contribution in [2.45, 2.75) is 31.0 Å². The average molecular weight is 365 g/mol. The molecule has 7 heteroatoms. The highest BCUT2D eigenvalue weighted by atomic mass is 32.2. The van der Waals surface area contributed by atoms with Gasteiger partial charge in [0.1, 0.15) is 0 Å². The van der Waals surface area contributed by atoms with Crippen LogP contribution in [0, 0.1) is 13.8 Å². The van der Waals surface area contributed by atoms with Crippen LogP contribution in [0.25, 0.3) is 10.9 Å². The number of rotatable bonds is 3. The lowest BCUT2D eigenvalue weighted by Crippen LogP contribution is -2.05. The Morgan fingerprint density at radius 1 is 1.08 bits per heavy atom. The molecule has 0 fully saturated rings. The first-order valence-corrected chi connectivity index (χ1v) is 8.44. The average Bonchev–Trinajstić information content (AvgIpc) is 2.56. The van der Waals surface area contributed by atoms with E-state index in [9.17, 15) is 18.0 Å². The van der Waals surface area contributed by atoms with Crippen molar-refractivity contribution in [2.75, 3.05) is 0 Å². The minimum Gasteiger partial charge on any atom is -0.397 e. The topological polar surface area (TPSA) is 43.1 Å². The van der Waals surface area contributed by atoms with Crippen LogP contribution in [0.1, 0.15) is 22.3 Å². The van der Waals surface area contributed by atoms with Gasteiger partial charge in [0.15, 0.2) is 0 Å². The van der Waals surface area contributed by atoms with E-state index in [1.165, 1.54) is 23.9 Å². The van der Waals surface area contributed by atoms with E-state index in [2.05, 4.69) is 4.98 Å². The number of halogens is 3. The Balaban J connectivity index is 1.84. The second-order valence-corrected chi connectivity index (χ2v) is 6.58. The third kappa shape index (κ3) is 3.71. The Labute approximate surface area is 145 Å². The van der Waals surface area contributed by atoms with E-state index in [4.69, 9.17) is 4.42 Å². The second kappa shape index (κ2) is 6.55. The normalized spacial score (nSPS) is 11.9. The fourth-order valence-corrected chi connectivity index (χ4v) is 3.13. The zero-order valence-corrected chi connectivity index (χ0v) is 14.3. The summed E-state index contributed by atoms with van der Waals surface area (Å²) in [5.74, 6) is 0.352. The van der Waals surface area contributed by atoms with Crippen molar-refractivity contribution in [2.24, 2.45) is 0 Å². The minimum absolute atomic E-state index is 0.200. The molecule has 0 saturated heterocycles. The highest BCUT2D eigenvalue weighted by Crippen LogP contribution is 2.30. The number of alkyl halides is 3. The van der Waals surface area contributed by atoms with Gasteiger partial charge in [0, 0.05) is 5.75 Å². The summed E-state index contributed by atoms with van der Waals surface area (Å²) in [6.45, 7) is 3.81. The maximum Gasteiger partial charge on any atom is 0.416 e. The number of benzene rings is 2. The van der Waals surface area contributed by atoms with Crippen LogP contribution < -0.4 is 5.63 Å². The molecule has 3 rings (SSSR count). The lowest BCUT2D eigenvalue weighted by molar-refractivity contribution is -0.137. The number of nitrogens with zero attached hydrogens (tertiary/aromatic N) is 1. The zero-order chi connectivity index (χ0) is 18.2. The maximum atomic E-state index is 12.6. The van der Waals surface area contributed by atoms with Crippen molar-refractivity contribution >= 4 is 22.7 Å². The van der Waals surface area contributed by atoms with Gasteiger partial charge in [-0.1, -0.05) is 30.0 Å². The van der Waals surface area contributed by atoms with Gasteiger partial charge in [0.25, 0.3) is 5.22 Å². The van der Waals surface area contributed by atoms with Crippen LogP contribution in [0.5, 0.6) is 0 Å². The van der Waals surface area contributed by atoms with Crippen LogP contribution in [0.2, 0.25) is 0 Å². The smallest absolute Gasteiger partial charge is 0.397 e. The molecule has 0 N–H and O–H groups in total. The first-order valence-electron chi connectivity index (χ1n) is 7.45. The van der Waals surface area contributed by atoms with Crippen LogP contribution in [0.3, 0.4) is 0 Å². The standard InChI is InChI=1S/C18H14F3NO2S/c1-10-3-8-14-15(11(10)2)22-17(24-16(14)23)25-9-12-4-6-13(7-5-12)18(19,20)21/h3-8H,9H2,1-2H3. The van der Waals surface area contributed by atoms with Gasteiger partial charge < -0.3 is 4.42 Å². The van der Waals surface area contributed by atoms with Crippen LogP contribution in [0.4, 0.5) is 13.2 Å². The summed E-state index contributed by atoms with van der Waals surface area (Å²) >= 11 is 1.17. The van der Waals surface area contributed by atoms with Gasteiger partial charge in [-0.3, -0.25) is 0 Å². The summed E-state index contributed by atoms with van der Waals surface area (Å²) in [6.07, 6.45) is -4.35. The third-order valence-electron chi connectivity index (χ3n) is 3.95. The summed E-state index contributed by atoms with van der Waals surface area (Å²) in [5, 5.41) is 0.619. The molecule has 3 aromatic rings. The summed E-state index contributed by atoms with van der Waals surface area (Å²) in [7, 11) is 0. The van der Waals surface area contributed by atoms with Crippen LogP contribution in [-0.2, 0) is 11.9 Å². The predicted molar refractivity (Wildman–Crippen MR) is 90.8 cm³/mol.